The normalized spacial score (nSPS) is 13.0. The van der Waals surface area contributed by atoms with Gasteiger partial charge in [0.2, 0.25) is 10.0 Å². The number of sulfonamides is 1. The maximum Gasteiger partial charge on any atom is 0.242 e. The minimum atomic E-state index is -3.89. The number of hydrogen-bond acceptors (Lipinski definition) is 2. The zero-order valence-corrected chi connectivity index (χ0v) is 15.4. The van der Waals surface area contributed by atoms with Gasteiger partial charge in [0, 0.05) is 23.1 Å². The van der Waals surface area contributed by atoms with Crippen molar-refractivity contribution in [1.82, 2.24) is 9.71 Å². The summed E-state index contributed by atoms with van der Waals surface area (Å²) >= 11 is 5.91. The molecule has 0 saturated heterocycles. The van der Waals surface area contributed by atoms with Gasteiger partial charge in [0.25, 0.3) is 0 Å². The molecule has 4 nitrogen and oxygen atoms in total. The van der Waals surface area contributed by atoms with Gasteiger partial charge in [-0.15, -0.1) is 6.58 Å². The standard InChI is InChI=1S/C19H18ClFN2O2S/c1-2-5-15(10-13-12-22-18-7-4-3-6-16(13)18)23-26(24,25)19-9-8-14(21)11-17(19)20/h2-4,6-9,11-12,15,22-23H,1,5,10H2/t15-/m0/s1. The van der Waals surface area contributed by atoms with E-state index >= 15 is 0 Å². The van der Waals surface area contributed by atoms with Gasteiger partial charge in [-0.25, -0.2) is 17.5 Å². The number of hydrogen-bond donors (Lipinski definition) is 2. The highest BCUT2D eigenvalue weighted by Crippen LogP contribution is 2.24. The second-order valence-electron chi connectivity index (χ2n) is 5.98. The first kappa shape index (κ1) is 18.6. The highest BCUT2D eigenvalue weighted by Gasteiger charge is 2.23. The Kier molecular flexibility index (Phi) is 5.46. The third-order valence-corrected chi connectivity index (χ3v) is 6.10. The number of aromatic nitrogens is 1. The van der Waals surface area contributed by atoms with Crippen molar-refractivity contribution >= 4 is 32.5 Å². The molecule has 0 spiro atoms. The second kappa shape index (κ2) is 7.61. The van der Waals surface area contributed by atoms with E-state index < -0.39 is 21.9 Å². The third-order valence-electron chi connectivity index (χ3n) is 4.10. The number of benzene rings is 2. The smallest absolute Gasteiger partial charge is 0.242 e. The van der Waals surface area contributed by atoms with Crippen molar-refractivity contribution in [2.45, 2.75) is 23.8 Å². The van der Waals surface area contributed by atoms with Crippen molar-refractivity contribution in [3.63, 3.8) is 0 Å². The summed E-state index contributed by atoms with van der Waals surface area (Å²) in [5.74, 6) is -0.588. The number of fused-ring (bicyclic) bond motifs is 1. The summed E-state index contributed by atoms with van der Waals surface area (Å²) in [4.78, 5) is 3.03. The summed E-state index contributed by atoms with van der Waals surface area (Å²) in [7, 11) is -3.89. The second-order valence-corrected chi connectivity index (χ2v) is 8.07. The largest absolute Gasteiger partial charge is 0.361 e. The molecule has 0 saturated carbocycles. The van der Waals surface area contributed by atoms with Gasteiger partial charge in [-0.1, -0.05) is 35.9 Å². The van der Waals surface area contributed by atoms with Gasteiger partial charge in [-0.05, 0) is 42.7 Å². The van der Waals surface area contributed by atoms with Gasteiger partial charge in [0.1, 0.15) is 10.7 Å². The van der Waals surface area contributed by atoms with E-state index in [0.29, 0.717) is 12.8 Å². The van der Waals surface area contributed by atoms with Crippen LogP contribution in [0.1, 0.15) is 12.0 Å². The molecule has 0 aliphatic rings. The van der Waals surface area contributed by atoms with Crippen LogP contribution in [-0.4, -0.2) is 19.4 Å². The monoisotopic (exact) mass is 392 g/mol. The molecule has 136 valence electrons. The maximum atomic E-state index is 13.2. The van der Waals surface area contributed by atoms with E-state index in [1.165, 1.54) is 0 Å². The lowest BCUT2D eigenvalue weighted by molar-refractivity contribution is 0.547. The van der Waals surface area contributed by atoms with E-state index in [0.717, 1.165) is 34.7 Å². The lowest BCUT2D eigenvalue weighted by atomic mass is 10.0. The minimum Gasteiger partial charge on any atom is -0.361 e. The summed E-state index contributed by atoms with van der Waals surface area (Å²) < 4.78 is 41.2. The van der Waals surface area contributed by atoms with E-state index in [1.54, 1.807) is 6.08 Å². The Morgan fingerprint density at radius 1 is 1.27 bits per heavy atom. The Hall–Kier alpha value is -2.15. The van der Waals surface area contributed by atoms with Crippen LogP contribution in [-0.2, 0) is 16.4 Å². The molecular weight excluding hydrogens is 375 g/mol. The molecule has 1 heterocycles. The molecule has 7 heteroatoms. The molecule has 2 N–H and O–H groups in total. The van der Waals surface area contributed by atoms with Gasteiger partial charge in [-0.2, -0.15) is 0 Å². The average molecular weight is 393 g/mol. The fourth-order valence-corrected chi connectivity index (χ4v) is 4.70. The maximum absolute atomic E-state index is 13.2. The minimum absolute atomic E-state index is 0.145. The van der Waals surface area contributed by atoms with Crippen LogP contribution < -0.4 is 4.72 Å². The molecule has 0 aliphatic carbocycles. The average Bonchev–Trinajstić information content (AvgIpc) is 2.97. The number of nitrogens with one attached hydrogen (secondary N) is 2. The van der Waals surface area contributed by atoms with Crippen LogP contribution in [0.3, 0.4) is 0 Å². The summed E-state index contributed by atoms with van der Waals surface area (Å²) in [6.45, 7) is 3.71. The zero-order valence-electron chi connectivity index (χ0n) is 13.9. The lowest BCUT2D eigenvalue weighted by Crippen LogP contribution is -2.36. The number of aromatic amines is 1. The Morgan fingerprint density at radius 2 is 2.04 bits per heavy atom. The molecule has 3 aromatic rings. The van der Waals surface area contributed by atoms with Crippen LogP contribution in [0.5, 0.6) is 0 Å². The third kappa shape index (κ3) is 3.98. The first-order valence-corrected chi connectivity index (χ1v) is 9.90. The van der Waals surface area contributed by atoms with Crippen molar-refractivity contribution in [3.05, 3.63) is 77.7 Å². The van der Waals surface area contributed by atoms with Crippen molar-refractivity contribution in [2.24, 2.45) is 0 Å². The van der Waals surface area contributed by atoms with Crippen LogP contribution in [0.4, 0.5) is 4.39 Å². The molecule has 2 aromatic carbocycles. The van der Waals surface area contributed by atoms with Gasteiger partial charge in [-0.3, -0.25) is 0 Å². The Labute approximate surface area is 156 Å². The molecule has 0 bridgehead atoms. The molecule has 0 radical (unpaired) electrons. The zero-order chi connectivity index (χ0) is 18.7. The van der Waals surface area contributed by atoms with Gasteiger partial charge in [0.15, 0.2) is 0 Å². The van der Waals surface area contributed by atoms with Crippen LogP contribution in [0, 0.1) is 5.82 Å². The summed E-state index contributed by atoms with van der Waals surface area (Å²) in [5, 5.41) is 0.891. The molecule has 0 fully saturated rings. The van der Waals surface area contributed by atoms with Crippen molar-refractivity contribution in [2.75, 3.05) is 0 Å². The fraction of sp³-hybridized carbons (Fsp3) is 0.158. The molecular formula is C19H18ClFN2O2S. The molecule has 26 heavy (non-hydrogen) atoms. The Balaban J connectivity index is 1.87. The first-order valence-electron chi connectivity index (χ1n) is 8.04. The van der Waals surface area contributed by atoms with Crippen LogP contribution in [0.2, 0.25) is 5.02 Å². The summed E-state index contributed by atoms with van der Waals surface area (Å²) in [5.41, 5.74) is 1.99. The Bertz CT molecular complexity index is 1050. The van der Waals surface area contributed by atoms with Crippen molar-refractivity contribution in [1.29, 1.82) is 0 Å². The highest BCUT2D eigenvalue weighted by molar-refractivity contribution is 7.89. The number of para-hydroxylation sites is 1. The van der Waals surface area contributed by atoms with Crippen LogP contribution >= 0.6 is 11.6 Å². The molecule has 1 aromatic heterocycles. The van der Waals surface area contributed by atoms with Crippen molar-refractivity contribution in [3.8, 4) is 0 Å². The molecule has 0 amide bonds. The number of halogens is 2. The summed E-state index contributed by atoms with van der Waals surface area (Å²) in [6.07, 6.45) is 4.46. The van der Waals surface area contributed by atoms with E-state index in [2.05, 4.69) is 16.3 Å². The van der Waals surface area contributed by atoms with E-state index in [-0.39, 0.29) is 9.92 Å². The molecule has 1 atom stereocenters. The fourth-order valence-electron chi connectivity index (χ4n) is 2.92. The van der Waals surface area contributed by atoms with Crippen molar-refractivity contribution < 1.29 is 12.8 Å². The lowest BCUT2D eigenvalue weighted by Gasteiger charge is -2.18. The van der Waals surface area contributed by atoms with Crippen LogP contribution in [0.15, 0.2) is 66.2 Å². The van der Waals surface area contributed by atoms with E-state index in [4.69, 9.17) is 11.6 Å². The van der Waals surface area contributed by atoms with Gasteiger partial charge >= 0.3 is 0 Å². The quantitative estimate of drug-likeness (QED) is 0.584. The highest BCUT2D eigenvalue weighted by atomic mass is 35.5. The predicted molar refractivity (Wildman–Crippen MR) is 102 cm³/mol. The van der Waals surface area contributed by atoms with E-state index in [9.17, 15) is 12.8 Å². The topological polar surface area (TPSA) is 62.0 Å². The molecule has 0 aliphatic heterocycles. The SMILES string of the molecule is C=CC[C@@H](Cc1c[nH]c2ccccc12)NS(=O)(=O)c1ccc(F)cc1Cl. The predicted octanol–water partition coefficient (Wildman–Crippen LogP) is 4.43. The van der Waals surface area contributed by atoms with Gasteiger partial charge < -0.3 is 4.98 Å². The molecule has 0 unspecified atom stereocenters. The Morgan fingerprint density at radius 3 is 2.77 bits per heavy atom. The van der Waals surface area contributed by atoms with Crippen LogP contribution in [0.25, 0.3) is 10.9 Å². The van der Waals surface area contributed by atoms with E-state index in [1.807, 2.05) is 30.5 Å². The summed E-state index contributed by atoms with van der Waals surface area (Å²) in [6, 6.07) is 10.6. The number of H-pyrrole nitrogens is 1. The van der Waals surface area contributed by atoms with Gasteiger partial charge in [0.05, 0.1) is 5.02 Å². The molecule has 3 rings (SSSR count). The number of rotatable bonds is 7. The first-order chi connectivity index (χ1) is 12.4.